The highest BCUT2D eigenvalue weighted by atomic mass is 35.5. The first kappa shape index (κ1) is 14.1. The molecule has 0 radical (unpaired) electrons. The van der Waals surface area contributed by atoms with Crippen LogP contribution in [0.5, 0.6) is 17.4 Å². The molecule has 0 bridgehead atoms. The van der Waals surface area contributed by atoms with E-state index in [-0.39, 0.29) is 16.6 Å². The van der Waals surface area contributed by atoms with Crippen molar-refractivity contribution in [2.45, 2.75) is 6.92 Å². The molecule has 6 heteroatoms. The first-order chi connectivity index (χ1) is 9.51. The van der Waals surface area contributed by atoms with Crippen LogP contribution in [-0.2, 0) is 0 Å². The molecular weight excluding hydrogens is 282 g/mol. The van der Waals surface area contributed by atoms with Gasteiger partial charge in [-0.1, -0.05) is 17.7 Å². The molecule has 0 aliphatic heterocycles. The summed E-state index contributed by atoms with van der Waals surface area (Å²) in [4.78, 5) is 15.0. The van der Waals surface area contributed by atoms with Crippen LogP contribution >= 0.6 is 11.6 Å². The minimum absolute atomic E-state index is 0.0722. The molecule has 1 aromatic carbocycles. The molecule has 2 rings (SSSR count). The minimum Gasteiger partial charge on any atom is -0.493 e. The number of hydrogen-bond acceptors (Lipinski definition) is 4. The highest BCUT2D eigenvalue weighted by molar-refractivity contribution is 6.29. The van der Waals surface area contributed by atoms with Gasteiger partial charge in [0.25, 0.3) is 0 Å². The van der Waals surface area contributed by atoms with Crippen LogP contribution < -0.4 is 9.47 Å². The molecule has 5 nitrogen and oxygen atoms in total. The number of pyridine rings is 1. The third kappa shape index (κ3) is 3.00. The lowest BCUT2D eigenvalue weighted by atomic mass is 10.2. The van der Waals surface area contributed by atoms with Crippen LogP contribution in [-0.4, -0.2) is 23.2 Å². The van der Waals surface area contributed by atoms with Crippen molar-refractivity contribution in [1.82, 2.24) is 4.98 Å². The fourth-order valence-corrected chi connectivity index (χ4v) is 1.76. The second-order valence-corrected chi connectivity index (χ2v) is 4.44. The zero-order chi connectivity index (χ0) is 14.7. The highest BCUT2D eigenvalue weighted by Crippen LogP contribution is 2.33. The number of aromatic carboxylic acids is 1. The van der Waals surface area contributed by atoms with Crippen LogP contribution in [0.1, 0.15) is 15.9 Å². The predicted molar refractivity (Wildman–Crippen MR) is 74.0 cm³/mol. The number of hydrogen-bond donors (Lipinski definition) is 1. The molecule has 0 atom stereocenters. The second-order valence-electron chi connectivity index (χ2n) is 4.05. The Labute approximate surface area is 120 Å². The van der Waals surface area contributed by atoms with Gasteiger partial charge in [-0.15, -0.1) is 0 Å². The van der Waals surface area contributed by atoms with E-state index in [9.17, 15) is 4.79 Å². The maximum atomic E-state index is 11.1. The second kappa shape index (κ2) is 5.79. The van der Waals surface area contributed by atoms with Crippen LogP contribution in [0.3, 0.4) is 0 Å². The molecule has 104 valence electrons. The molecule has 0 fully saturated rings. The largest absolute Gasteiger partial charge is 0.493 e. The van der Waals surface area contributed by atoms with Crippen molar-refractivity contribution in [2.75, 3.05) is 7.11 Å². The summed E-state index contributed by atoms with van der Waals surface area (Å²) in [6, 6.07) is 8.02. The normalized spacial score (nSPS) is 10.2. The van der Waals surface area contributed by atoms with Crippen molar-refractivity contribution in [3.63, 3.8) is 0 Å². The number of benzene rings is 1. The van der Waals surface area contributed by atoms with E-state index in [2.05, 4.69) is 4.98 Å². The Hall–Kier alpha value is -2.27. The fourth-order valence-electron chi connectivity index (χ4n) is 1.62. The summed E-state index contributed by atoms with van der Waals surface area (Å²) in [5.41, 5.74) is 0.920. The number of aryl methyl sites for hydroxylation is 1. The van der Waals surface area contributed by atoms with E-state index in [1.165, 1.54) is 19.2 Å². The van der Waals surface area contributed by atoms with E-state index in [4.69, 9.17) is 26.2 Å². The molecule has 0 aliphatic carbocycles. The molecule has 0 unspecified atom stereocenters. The minimum atomic E-state index is -1.14. The predicted octanol–water partition coefficient (Wildman–Crippen LogP) is 3.54. The summed E-state index contributed by atoms with van der Waals surface area (Å²) in [5.74, 6) is -0.360. The van der Waals surface area contributed by atoms with Crippen LogP contribution in [0.15, 0.2) is 30.3 Å². The lowest BCUT2D eigenvalue weighted by Gasteiger charge is -2.11. The Bertz CT molecular complexity index is 658. The molecular formula is C14H12ClNO4. The molecule has 20 heavy (non-hydrogen) atoms. The summed E-state index contributed by atoms with van der Waals surface area (Å²) in [6.45, 7) is 1.91. The molecule has 0 spiro atoms. The van der Waals surface area contributed by atoms with Gasteiger partial charge in [-0.05, 0) is 36.8 Å². The maximum Gasteiger partial charge on any atom is 0.341 e. The molecule has 0 aliphatic rings. The lowest BCUT2D eigenvalue weighted by molar-refractivity contribution is 0.0693. The number of halogens is 1. The summed E-state index contributed by atoms with van der Waals surface area (Å²) in [5, 5.41) is 9.26. The fraction of sp³-hybridized carbons (Fsp3) is 0.143. The molecule has 1 aromatic heterocycles. The Morgan fingerprint density at radius 3 is 2.65 bits per heavy atom. The van der Waals surface area contributed by atoms with E-state index in [1.54, 1.807) is 12.1 Å². The number of methoxy groups -OCH3 is 1. The van der Waals surface area contributed by atoms with Crippen molar-refractivity contribution in [2.24, 2.45) is 0 Å². The van der Waals surface area contributed by atoms with Crippen molar-refractivity contribution < 1.29 is 19.4 Å². The van der Waals surface area contributed by atoms with E-state index in [0.717, 1.165) is 5.56 Å². The van der Waals surface area contributed by atoms with Gasteiger partial charge in [-0.25, -0.2) is 9.78 Å². The smallest absolute Gasteiger partial charge is 0.341 e. The van der Waals surface area contributed by atoms with Crippen molar-refractivity contribution in [3.05, 3.63) is 46.6 Å². The van der Waals surface area contributed by atoms with Crippen LogP contribution in [0, 0.1) is 6.92 Å². The van der Waals surface area contributed by atoms with Gasteiger partial charge >= 0.3 is 5.97 Å². The van der Waals surface area contributed by atoms with Crippen LogP contribution in [0.2, 0.25) is 5.15 Å². The van der Waals surface area contributed by atoms with Gasteiger partial charge in [-0.2, -0.15) is 0 Å². The zero-order valence-corrected chi connectivity index (χ0v) is 11.6. The number of ether oxygens (including phenoxy) is 2. The molecule has 0 saturated heterocycles. The SMILES string of the molecule is COc1cc(C)ccc1Oc1nc(Cl)ccc1C(=O)O. The average Bonchev–Trinajstić information content (AvgIpc) is 2.40. The zero-order valence-electron chi connectivity index (χ0n) is 10.9. The van der Waals surface area contributed by atoms with Gasteiger partial charge in [0.1, 0.15) is 10.7 Å². The topological polar surface area (TPSA) is 68.7 Å². The number of carboxylic acid groups (broad SMARTS) is 1. The monoisotopic (exact) mass is 293 g/mol. The Morgan fingerprint density at radius 2 is 2.00 bits per heavy atom. The summed E-state index contributed by atoms with van der Waals surface area (Å²) >= 11 is 5.77. The van der Waals surface area contributed by atoms with Gasteiger partial charge in [0, 0.05) is 0 Å². The van der Waals surface area contributed by atoms with Gasteiger partial charge in [0.2, 0.25) is 5.88 Å². The van der Waals surface area contributed by atoms with Crippen LogP contribution in [0.4, 0.5) is 0 Å². The van der Waals surface area contributed by atoms with E-state index in [0.29, 0.717) is 11.5 Å². The van der Waals surface area contributed by atoms with Crippen molar-refractivity contribution >= 4 is 17.6 Å². The Morgan fingerprint density at radius 1 is 1.25 bits per heavy atom. The van der Waals surface area contributed by atoms with E-state index < -0.39 is 5.97 Å². The van der Waals surface area contributed by atoms with Crippen LogP contribution in [0.25, 0.3) is 0 Å². The maximum absolute atomic E-state index is 11.1. The lowest BCUT2D eigenvalue weighted by Crippen LogP contribution is -2.02. The number of nitrogens with zero attached hydrogens (tertiary/aromatic N) is 1. The number of aromatic nitrogens is 1. The Kier molecular flexibility index (Phi) is 4.10. The summed E-state index contributed by atoms with van der Waals surface area (Å²) in [7, 11) is 1.51. The van der Waals surface area contributed by atoms with E-state index in [1.807, 2.05) is 13.0 Å². The molecule has 1 N–H and O–H groups in total. The third-order valence-electron chi connectivity index (χ3n) is 2.58. The third-order valence-corrected chi connectivity index (χ3v) is 2.79. The number of rotatable bonds is 4. The number of carbonyl (C=O) groups is 1. The Balaban J connectivity index is 2.44. The molecule has 2 aromatic rings. The van der Waals surface area contributed by atoms with Gasteiger partial charge in [-0.3, -0.25) is 0 Å². The van der Waals surface area contributed by atoms with E-state index >= 15 is 0 Å². The van der Waals surface area contributed by atoms with Gasteiger partial charge in [0.15, 0.2) is 11.5 Å². The van der Waals surface area contributed by atoms with Crippen molar-refractivity contribution in [3.8, 4) is 17.4 Å². The van der Waals surface area contributed by atoms with Crippen molar-refractivity contribution in [1.29, 1.82) is 0 Å². The molecule has 1 heterocycles. The quantitative estimate of drug-likeness (QED) is 0.873. The molecule has 0 amide bonds. The first-order valence-electron chi connectivity index (χ1n) is 5.73. The first-order valence-corrected chi connectivity index (χ1v) is 6.11. The number of carboxylic acids is 1. The van der Waals surface area contributed by atoms with Gasteiger partial charge < -0.3 is 14.6 Å². The summed E-state index contributed by atoms with van der Waals surface area (Å²) < 4.78 is 10.7. The molecule has 0 saturated carbocycles. The summed E-state index contributed by atoms with van der Waals surface area (Å²) in [6.07, 6.45) is 0. The standard InChI is InChI=1S/C14H12ClNO4/c1-8-3-5-10(11(7-8)19-2)20-13-9(14(17)18)4-6-12(15)16-13/h3-7H,1-2H3,(H,17,18). The average molecular weight is 294 g/mol. The highest BCUT2D eigenvalue weighted by Gasteiger charge is 2.16. The van der Waals surface area contributed by atoms with Gasteiger partial charge in [0.05, 0.1) is 7.11 Å².